The Kier molecular flexibility index (Phi) is 6.38. The highest BCUT2D eigenvalue weighted by Gasteiger charge is 2.12. The van der Waals surface area contributed by atoms with Crippen LogP contribution in [0.15, 0.2) is 84.9 Å². The van der Waals surface area contributed by atoms with Crippen LogP contribution in [0.2, 0.25) is 0 Å². The molecule has 4 aromatic carbocycles. The van der Waals surface area contributed by atoms with Crippen molar-refractivity contribution in [1.82, 2.24) is 10.2 Å². The van der Waals surface area contributed by atoms with E-state index in [2.05, 4.69) is 52.7 Å². The summed E-state index contributed by atoms with van der Waals surface area (Å²) in [5.74, 6) is -0.0889. The Bertz CT molecular complexity index is 1340. The summed E-state index contributed by atoms with van der Waals surface area (Å²) in [6, 6.07) is 30.1. The Balaban J connectivity index is 1.25. The average molecular weight is 446 g/mol. The Morgan fingerprint density at radius 2 is 1.59 bits per heavy atom. The fourth-order valence-electron chi connectivity index (χ4n) is 4.68. The zero-order chi connectivity index (χ0) is 23.3. The summed E-state index contributed by atoms with van der Waals surface area (Å²) >= 11 is 0. The smallest absolute Gasteiger partial charge is 0.251 e. The van der Waals surface area contributed by atoms with Gasteiger partial charge in [-0.3, -0.25) is 9.69 Å². The topological polar surface area (TPSA) is 56.1 Å². The van der Waals surface area contributed by atoms with Crippen molar-refractivity contribution in [2.75, 3.05) is 13.1 Å². The Labute approximate surface area is 200 Å². The Morgan fingerprint density at radius 3 is 2.29 bits per heavy atom. The number of nitrogens with zero attached hydrogens (tertiary/aromatic N) is 2. The van der Waals surface area contributed by atoms with Crippen LogP contribution in [0, 0.1) is 11.3 Å². The first kappa shape index (κ1) is 21.9. The summed E-state index contributed by atoms with van der Waals surface area (Å²) in [6.45, 7) is 3.88. The predicted octanol–water partition coefficient (Wildman–Crippen LogP) is 5.90. The van der Waals surface area contributed by atoms with Gasteiger partial charge in [-0.1, -0.05) is 54.6 Å². The van der Waals surface area contributed by atoms with Gasteiger partial charge in [-0.15, -0.1) is 0 Å². The number of nitrogens with one attached hydrogen (secondary N) is 1. The molecule has 1 fully saturated rings. The van der Waals surface area contributed by atoms with E-state index in [4.69, 9.17) is 5.26 Å². The average Bonchev–Trinajstić information content (AvgIpc) is 3.40. The summed E-state index contributed by atoms with van der Waals surface area (Å²) in [6.07, 6.45) is 2.60. The maximum Gasteiger partial charge on any atom is 0.251 e. The monoisotopic (exact) mass is 445 g/mol. The molecule has 0 atom stereocenters. The van der Waals surface area contributed by atoms with Gasteiger partial charge in [-0.2, -0.15) is 5.26 Å². The van der Waals surface area contributed by atoms with Crippen LogP contribution in [0.25, 0.3) is 21.9 Å². The van der Waals surface area contributed by atoms with E-state index < -0.39 is 0 Å². The third kappa shape index (κ3) is 4.85. The highest BCUT2D eigenvalue weighted by atomic mass is 16.1. The predicted molar refractivity (Wildman–Crippen MR) is 136 cm³/mol. The summed E-state index contributed by atoms with van der Waals surface area (Å²) in [5, 5.41) is 14.4. The summed E-state index contributed by atoms with van der Waals surface area (Å²) in [5.41, 5.74) is 5.76. The third-order valence-electron chi connectivity index (χ3n) is 6.57. The second-order valence-electron chi connectivity index (χ2n) is 8.91. The van der Waals surface area contributed by atoms with Crippen molar-refractivity contribution < 1.29 is 4.79 Å². The number of benzene rings is 4. The molecule has 5 rings (SSSR count). The van der Waals surface area contributed by atoms with E-state index in [1.54, 1.807) is 12.1 Å². The molecule has 0 radical (unpaired) electrons. The molecule has 0 unspecified atom stereocenters. The minimum Gasteiger partial charge on any atom is -0.348 e. The molecular weight excluding hydrogens is 418 g/mol. The number of fused-ring (bicyclic) bond motifs is 1. The molecule has 4 aromatic rings. The SMILES string of the molecule is N#Cc1ccc(-c2ccc(C(=O)NCc3cccc4cc(CN5CCCC5)ccc34)cc2)cc1. The van der Waals surface area contributed by atoms with Gasteiger partial charge >= 0.3 is 0 Å². The van der Waals surface area contributed by atoms with Crippen molar-refractivity contribution >= 4 is 16.7 Å². The molecule has 4 nitrogen and oxygen atoms in total. The molecule has 1 aliphatic rings. The van der Waals surface area contributed by atoms with Crippen molar-refractivity contribution in [2.24, 2.45) is 0 Å². The van der Waals surface area contributed by atoms with E-state index in [0.717, 1.165) is 23.2 Å². The quantitative estimate of drug-likeness (QED) is 0.402. The number of hydrogen-bond acceptors (Lipinski definition) is 3. The van der Waals surface area contributed by atoms with E-state index in [-0.39, 0.29) is 5.91 Å². The Morgan fingerprint density at radius 1 is 0.882 bits per heavy atom. The minimum atomic E-state index is -0.0889. The van der Waals surface area contributed by atoms with Crippen LogP contribution < -0.4 is 5.32 Å². The maximum atomic E-state index is 12.8. The van der Waals surface area contributed by atoms with Crippen LogP contribution in [-0.4, -0.2) is 23.9 Å². The number of amides is 1. The standard InChI is InChI=1S/C30H27N3O/c31-19-22-6-9-24(10-7-22)25-11-13-26(14-12-25)30(34)32-20-28-5-3-4-27-18-23(8-15-29(27)28)21-33-16-1-2-17-33/h3-15,18H,1-2,16-17,20-21H2,(H,32,34). The van der Waals surface area contributed by atoms with Crippen LogP contribution >= 0.6 is 0 Å². The van der Waals surface area contributed by atoms with E-state index in [0.29, 0.717) is 17.7 Å². The lowest BCUT2D eigenvalue weighted by Gasteiger charge is -2.15. The Hall–Kier alpha value is -3.94. The molecule has 0 spiro atoms. The summed E-state index contributed by atoms with van der Waals surface area (Å²) in [7, 11) is 0. The molecule has 1 amide bonds. The first-order valence-corrected chi connectivity index (χ1v) is 11.8. The highest BCUT2D eigenvalue weighted by Crippen LogP contribution is 2.23. The van der Waals surface area contributed by atoms with Gasteiger partial charge in [0.05, 0.1) is 11.6 Å². The van der Waals surface area contributed by atoms with Gasteiger partial charge in [0.1, 0.15) is 0 Å². The molecule has 168 valence electrons. The molecule has 1 heterocycles. The normalized spacial score (nSPS) is 13.6. The van der Waals surface area contributed by atoms with Gasteiger partial charge in [-0.25, -0.2) is 0 Å². The second-order valence-corrected chi connectivity index (χ2v) is 8.91. The largest absolute Gasteiger partial charge is 0.348 e. The van der Waals surface area contributed by atoms with Gasteiger partial charge in [-0.05, 0) is 89.3 Å². The molecular formula is C30H27N3O. The van der Waals surface area contributed by atoms with Crippen LogP contribution in [0.1, 0.15) is 39.9 Å². The summed E-state index contributed by atoms with van der Waals surface area (Å²) < 4.78 is 0. The maximum absolute atomic E-state index is 12.8. The first-order valence-electron chi connectivity index (χ1n) is 11.8. The fourth-order valence-corrected chi connectivity index (χ4v) is 4.68. The highest BCUT2D eigenvalue weighted by molar-refractivity contribution is 5.95. The van der Waals surface area contributed by atoms with Crippen molar-refractivity contribution in [3.8, 4) is 17.2 Å². The third-order valence-corrected chi connectivity index (χ3v) is 6.57. The van der Waals surface area contributed by atoms with Crippen LogP contribution in [0.3, 0.4) is 0 Å². The number of rotatable bonds is 6. The summed E-state index contributed by atoms with van der Waals surface area (Å²) in [4.78, 5) is 15.3. The lowest BCUT2D eigenvalue weighted by atomic mass is 10.0. The van der Waals surface area contributed by atoms with Gasteiger partial charge in [0, 0.05) is 18.7 Å². The molecule has 4 heteroatoms. The van der Waals surface area contributed by atoms with Gasteiger partial charge in [0.2, 0.25) is 0 Å². The van der Waals surface area contributed by atoms with E-state index in [1.807, 2.05) is 36.4 Å². The van der Waals surface area contributed by atoms with E-state index in [9.17, 15) is 4.79 Å². The van der Waals surface area contributed by atoms with Gasteiger partial charge in [0.15, 0.2) is 0 Å². The van der Waals surface area contributed by atoms with Crippen LogP contribution in [-0.2, 0) is 13.1 Å². The van der Waals surface area contributed by atoms with E-state index in [1.165, 1.54) is 42.3 Å². The zero-order valence-electron chi connectivity index (χ0n) is 19.1. The molecule has 0 bridgehead atoms. The van der Waals surface area contributed by atoms with Crippen molar-refractivity contribution in [3.63, 3.8) is 0 Å². The minimum absolute atomic E-state index is 0.0889. The molecule has 0 aliphatic carbocycles. The lowest BCUT2D eigenvalue weighted by Crippen LogP contribution is -2.22. The number of hydrogen-bond donors (Lipinski definition) is 1. The number of carbonyl (C=O) groups is 1. The number of nitriles is 1. The van der Waals surface area contributed by atoms with Crippen molar-refractivity contribution in [2.45, 2.75) is 25.9 Å². The first-order chi connectivity index (χ1) is 16.7. The number of likely N-dealkylation sites (tertiary alicyclic amines) is 1. The molecule has 0 aromatic heterocycles. The lowest BCUT2D eigenvalue weighted by molar-refractivity contribution is 0.0951. The van der Waals surface area contributed by atoms with Crippen molar-refractivity contribution in [1.29, 1.82) is 5.26 Å². The van der Waals surface area contributed by atoms with E-state index >= 15 is 0 Å². The fraction of sp³-hybridized carbons (Fsp3) is 0.200. The zero-order valence-corrected chi connectivity index (χ0v) is 19.1. The molecule has 1 aliphatic heterocycles. The second kappa shape index (κ2) is 9.91. The van der Waals surface area contributed by atoms with Gasteiger partial charge in [0.25, 0.3) is 5.91 Å². The molecule has 1 N–H and O–H groups in total. The van der Waals surface area contributed by atoms with Crippen LogP contribution in [0.4, 0.5) is 0 Å². The molecule has 34 heavy (non-hydrogen) atoms. The van der Waals surface area contributed by atoms with Crippen molar-refractivity contribution in [3.05, 3.63) is 107 Å². The number of carbonyl (C=O) groups excluding carboxylic acids is 1. The molecule has 0 saturated carbocycles. The van der Waals surface area contributed by atoms with Crippen LogP contribution in [0.5, 0.6) is 0 Å². The molecule has 1 saturated heterocycles. The van der Waals surface area contributed by atoms with Gasteiger partial charge < -0.3 is 5.32 Å².